The number of ether oxygens (including phenoxy) is 1. The van der Waals surface area contributed by atoms with Crippen molar-refractivity contribution in [1.29, 1.82) is 0 Å². The van der Waals surface area contributed by atoms with E-state index in [0.717, 1.165) is 24.2 Å². The first-order chi connectivity index (χ1) is 9.83. The van der Waals surface area contributed by atoms with Crippen molar-refractivity contribution in [1.82, 2.24) is 15.5 Å². The van der Waals surface area contributed by atoms with Crippen LogP contribution in [-0.2, 0) is 17.9 Å². The second-order valence-corrected chi connectivity index (χ2v) is 4.39. The zero-order valence-electron chi connectivity index (χ0n) is 11.8. The lowest BCUT2D eigenvalue weighted by atomic mass is 10.2. The Hall–Kier alpha value is -1.92. The predicted octanol–water partition coefficient (Wildman–Crippen LogP) is 2.46. The molecule has 1 aromatic heterocycles. The van der Waals surface area contributed by atoms with Crippen molar-refractivity contribution in [2.45, 2.75) is 26.5 Å². The number of para-hydroxylation sites is 1. The highest BCUT2D eigenvalue weighted by Crippen LogP contribution is 2.20. The predicted molar refractivity (Wildman–Crippen MR) is 76.7 cm³/mol. The quantitative estimate of drug-likeness (QED) is 0.722. The molecule has 0 amide bonds. The molecule has 0 fully saturated rings. The maximum atomic E-state index is 5.53. The number of nitrogens with zero attached hydrogens (tertiary/aromatic N) is 2. The van der Waals surface area contributed by atoms with Gasteiger partial charge in [0.2, 0.25) is 5.89 Å². The molecule has 20 heavy (non-hydrogen) atoms. The fourth-order valence-corrected chi connectivity index (χ4v) is 1.79. The fourth-order valence-electron chi connectivity index (χ4n) is 1.79. The van der Waals surface area contributed by atoms with Gasteiger partial charge in [-0.2, -0.15) is 0 Å². The molecule has 0 aliphatic carbocycles. The Kier molecular flexibility index (Phi) is 5.52. The summed E-state index contributed by atoms with van der Waals surface area (Å²) < 4.78 is 10.7. The van der Waals surface area contributed by atoms with E-state index in [2.05, 4.69) is 27.8 Å². The molecular formula is C14H20N4O2. The van der Waals surface area contributed by atoms with Crippen molar-refractivity contribution in [3.8, 4) is 0 Å². The van der Waals surface area contributed by atoms with Crippen molar-refractivity contribution < 1.29 is 9.15 Å². The summed E-state index contributed by atoms with van der Waals surface area (Å²) in [6, 6.07) is 8.25. The minimum absolute atomic E-state index is 0.391. The molecule has 6 nitrogen and oxygen atoms in total. The van der Waals surface area contributed by atoms with Crippen molar-refractivity contribution in [2.75, 3.05) is 19.0 Å². The maximum Gasteiger partial charge on any atom is 0.320 e. The van der Waals surface area contributed by atoms with Crippen LogP contribution in [0.2, 0.25) is 0 Å². The van der Waals surface area contributed by atoms with E-state index in [4.69, 9.17) is 9.15 Å². The largest absolute Gasteiger partial charge is 0.406 e. The summed E-state index contributed by atoms with van der Waals surface area (Å²) in [4.78, 5) is 0. The molecule has 6 heteroatoms. The van der Waals surface area contributed by atoms with E-state index >= 15 is 0 Å². The van der Waals surface area contributed by atoms with E-state index in [-0.39, 0.29) is 0 Å². The summed E-state index contributed by atoms with van der Waals surface area (Å²) in [5, 5.41) is 14.3. The highest BCUT2D eigenvalue weighted by molar-refractivity contribution is 5.57. The molecule has 0 bridgehead atoms. The third-order valence-corrected chi connectivity index (χ3v) is 2.73. The van der Waals surface area contributed by atoms with Crippen LogP contribution >= 0.6 is 0 Å². The molecule has 0 aliphatic heterocycles. The van der Waals surface area contributed by atoms with Gasteiger partial charge in [0.05, 0.1) is 13.2 Å². The smallest absolute Gasteiger partial charge is 0.320 e. The van der Waals surface area contributed by atoms with Gasteiger partial charge in [-0.15, -0.1) is 5.10 Å². The monoisotopic (exact) mass is 276 g/mol. The number of methoxy groups -OCH3 is 1. The Morgan fingerprint density at radius 1 is 1.25 bits per heavy atom. The van der Waals surface area contributed by atoms with Crippen molar-refractivity contribution >= 4 is 11.7 Å². The zero-order valence-corrected chi connectivity index (χ0v) is 11.8. The van der Waals surface area contributed by atoms with Gasteiger partial charge in [0.1, 0.15) is 0 Å². The molecule has 0 radical (unpaired) electrons. The Morgan fingerprint density at radius 2 is 2.10 bits per heavy atom. The number of anilines is 2. The first kappa shape index (κ1) is 14.5. The second-order valence-electron chi connectivity index (χ2n) is 4.39. The van der Waals surface area contributed by atoms with Gasteiger partial charge in [-0.1, -0.05) is 30.2 Å². The maximum absolute atomic E-state index is 5.53. The number of rotatable bonds is 8. The number of aromatic nitrogens is 2. The summed E-state index contributed by atoms with van der Waals surface area (Å²) >= 11 is 0. The van der Waals surface area contributed by atoms with E-state index in [1.807, 2.05) is 24.3 Å². The highest BCUT2D eigenvalue weighted by Gasteiger charge is 2.08. The van der Waals surface area contributed by atoms with Gasteiger partial charge in [-0.05, 0) is 19.0 Å². The topological polar surface area (TPSA) is 72.2 Å². The van der Waals surface area contributed by atoms with Crippen LogP contribution in [0.3, 0.4) is 0 Å². The third kappa shape index (κ3) is 4.04. The number of hydrogen-bond donors (Lipinski definition) is 2. The molecule has 0 atom stereocenters. The van der Waals surface area contributed by atoms with Gasteiger partial charge in [0, 0.05) is 18.4 Å². The molecule has 0 unspecified atom stereocenters. The van der Waals surface area contributed by atoms with Crippen molar-refractivity contribution in [3.63, 3.8) is 0 Å². The summed E-state index contributed by atoms with van der Waals surface area (Å²) in [6.45, 7) is 4.16. The lowest BCUT2D eigenvalue weighted by molar-refractivity contribution is 0.185. The standard InChI is InChI=1S/C14H20N4O2/c1-3-8-15-9-13-17-18-14(20-13)16-12-7-5-4-6-11(12)10-19-2/h4-7,15H,3,8-10H2,1-2H3,(H,16,18). The van der Waals surface area contributed by atoms with E-state index in [1.165, 1.54) is 0 Å². The lowest BCUT2D eigenvalue weighted by Crippen LogP contribution is -2.13. The fraction of sp³-hybridized carbons (Fsp3) is 0.429. The second kappa shape index (κ2) is 7.62. The van der Waals surface area contributed by atoms with Crippen LogP contribution in [0.25, 0.3) is 0 Å². The Bertz CT molecular complexity index is 527. The van der Waals surface area contributed by atoms with Crippen LogP contribution < -0.4 is 10.6 Å². The van der Waals surface area contributed by atoms with Crippen molar-refractivity contribution in [3.05, 3.63) is 35.7 Å². The van der Waals surface area contributed by atoms with E-state index in [0.29, 0.717) is 25.1 Å². The number of benzene rings is 1. The molecule has 0 spiro atoms. The van der Waals surface area contributed by atoms with Gasteiger partial charge in [-0.3, -0.25) is 0 Å². The molecule has 0 saturated heterocycles. The molecule has 0 aliphatic rings. The third-order valence-electron chi connectivity index (χ3n) is 2.73. The van der Waals surface area contributed by atoms with Crippen LogP contribution in [-0.4, -0.2) is 23.9 Å². The van der Waals surface area contributed by atoms with E-state index < -0.39 is 0 Å². The summed E-state index contributed by atoms with van der Waals surface area (Å²) in [7, 11) is 1.67. The molecular weight excluding hydrogens is 256 g/mol. The van der Waals surface area contributed by atoms with Gasteiger partial charge in [0.25, 0.3) is 0 Å². The van der Waals surface area contributed by atoms with Crippen LogP contribution in [0, 0.1) is 0 Å². The van der Waals surface area contributed by atoms with E-state index in [1.54, 1.807) is 7.11 Å². The number of hydrogen-bond acceptors (Lipinski definition) is 6. The van der Waals surface area contributed by atoms with Crippen LogP contribution in [0.4, 0.5) is 11.7 Å². The molecule has 108 valence electrons. The van der Waals surface area contributed by atoms with Crippen LogP contribution in [0.1, 0.15) is 24.8 Å². The van der Waals surface area contributed by atoms with Crippen molar-refractivity contribution in [2.24, 2.45) is 0 Å². The average molecular weight is 276 g/mol. The summed E-state index contributed by atoms with van der Waals surface area (Å²) in [6.07, 6.45) is 1.07. The van der Waals surface area contributed by atoms with Gasteiger partial charge in [-0.25, -0.2) is 0 Å². The SMILES string of the molecule is CCCNCc1nnc(Nc2ccccc2COC)o1. The highest BCUT2D eigenvalue weighted by atomic mass is 16.5. The minimum Gasteiger partial charge on any atom is -0.406 e. The Balaban J connectivity index is 1.99. The first-order valence-electron chi connectivity index (χ1n) is 6.70. The Morgan fingerprint density at radius 3 is 2.90 bits per heavy atom. The average Bonchev–Trinajstić information content (AvgIpc) is 2.89. The van der Waals surface area contributed by atoms with Crippen LogP contribution in [0.5, 0.6) is 0 Å². The molecule has 1 aromatic carbocycles. The molecule has 1 heterocycles. The Labute approximate surface area is 118 Å². The summed E-state index contributed by atoms with van der Waals surface area (Å²) in [5.41, 5.74) is 1.95. The first-order valence-corrected chi connectivity index (χ1v) is 6.70. The molecule has 2 aromatic rings. The summed E-state index contributed by atoms with van der Waals surface area (Å²) in [5.74, 6) is 0.574. The normalized spacial score (nSPS) is 10.7. The zero-order chi connectivity index (χ0) is 14.2. The lowest BCUT2D eigenvalue weighted by Gasteiger charge is -2.07. The number of nitrogens with one attached hydrogen (secondary N) is 2. The molecule has 0 saturated carbocycles. The van der Waals surface area contributed by atoms with Gasteiger partial charge in [0.15, 0.2) is 0 Å². The van der Waals surface area contributed by atoms with E-state index in [9.17, 15) is 0 Å². The molecule has 2 N–H and O–H groups in total. The minimum atomic E-state index is 0.391. The van der Waals surface area contributed by atoms with Crippen LogP contribution in [0.15, 0.2) is 28.7 Å². The van der Waals surface area contributed by atoms with Gasteiger partial charge >= 0.3 is 6.01 Å². The van der Waals surface area contributed by atoms with Gasteiger partial charge < -0.3 is 19.8 Å². The molecule has 2 rings (SSSR count).